The first kappa shape index (κ1) is 21.0. The third-order valence-electron chi connectivity index (χ3n) is 5.24. The number of hydrogen-bond donors (Lipinski definition) is 0. The van der Waals surface area contributed by atoms with Gasteiger partial charge in [0, 0.05) is 38.9 Å². The number of hydrogen-bond acceptors (Lipinski definition) is 3. The van der Waals surface area contributed by atoms with E-state index >= 15 is 0 Å². The molecule has 1 aliphatic heterocycles. The zero-order valence-electron chi connectivity index (χ0n) is 16.7. The van der Waals surface area contributed by atoms with E-state index in [0.29, 0.717) is 38.3 Å². The summed E-state index contributed by atoms with van der Waals surface area (Å²) < 4.78 is 18.3. The smallest absolute Gasteiger partial charge is 0.253 e. The number of nitrogens with zero attached hydrogens (tertiary/aromatic N) is 2. The Labute approximate surface area is 171 Å². The number of methoxy groups -OCH3 is 1. The lowest BCUT2D eigenvalue weighted by molar-refractivity contribution is -0.138. The molecule has 0 bridgehead atoms. The van der Waals surface area contributed by atoms with E-state index < -0.39 is 0 Å². The lowest BCUT2D eigenvalue weighted by Gasteiger charge is -2.35. The molecule has 3 rings (SSSR count). The van der Waals surface area contributed by atoms with Crippen LogP contribution in [0, 0.1) is 11.7 Å². The number of likely N-dealkylation sites (tertiary alicyclic amines) is 1. The highest BCUT2D eigenvalue weighted by molar-refractivity contribution is 5.94. The quantitative estimate of drug-likeness (QED) is 0.719. The molecule has 2 aromatic carbocycles. The molecule has 1 fully saturated rings. The van der Waals surface area contributed by atoms with E-state index in [2.05, 4.69) is 0 Å². The van der Waals surface area contributed by atoms with Crippen LogP contribution in [0.1, 0.15) is 28.8 Å². The van der Waals surface area contributed by atoms with Crippen LogP contribution in [-0.4, -0.2) is 55.0 Å². The zero-order chi connectivity index (χ0) is 20.6. The van der Waals surface area contributed by atoms with Gasteiger partial charge in [-0.3, -0.25) is 9.59 Å². The molecule has 5 nitrogen and oxygen atoms in total. The van der Waals surface area contributed by atoms with Crippen molar-refractivity contribution in [1.29, 1.82) is 0 Å². The Morgan fingerprint density at radius 2 is 1.86 bits per heavy atom. The van der Waals surface area contributed by atoms with Gasteiger partial charge in [0.1, 0.15) is 5.82 Å². The Kier molecular flexibility index (Phi) is 7.36. The summed E-state index contributed by atoms with van der Waals surface area (Å²) in [4.78, 5) is 29.5. The van der Waals surface area contributed by atoms with Crippen molar-refractivity contribution >= 4 is 11.8 Å². The third kappa shape index (κ3) is 5.64. The Morgan fingerprint density at radius 1 is 1.14 bits per heavy atom. The first-order valence-electron chi connectivity index (χ1n) is 9.95. The van der Waals surface area contributed by atoms with E-state index in [4.69, 9.17) is 4.74 Å². The van der Waals surface area contributed by atoms with E-state index in [1.807, 2.05) is 35.2 Å². The molecule has 1 heterocycles. The summed E-state index contributed by atoms with van der Waals surface area (Å²) in [5.41, 5.74) is 1.51. The maximum atomic E-state index is 13.2. The van der Waals surface area contributed by atoms with E-state index in [0.717, 1.165) is 18.4 Å². The summed E-state index contributed by atoms with van der Waals surface area (Å²) in [6.07, 6.45) is 1.52. The fraction of sp³-hybridized carbons (Fsp3) is 0.391. The molecule has 0 radical (unpaired) electrons. The van der Waals surface area contributed by atoms with Gasteiger partial charge in [0.2, 0.25) is 5.91 Å². The average molecular weight is 398 g/mol. The molecule has 0 spiro atoms. The number of ether oxygens (including phenoxy) is 1. The highest BCUT2D eigenvalue weighted by Crippen LogP contribution is 2.22. The standard InChI is InChI=1S/C23H27FN2O3/c1-29-15-14-26(16-18-6-3-2-4-7-18)23(28)20-8-5-13-25(17-20)22(27)19-9-11-21(24)12-10-19/h2-4,6-7,9-12,20H,5,8,13-17H2,1H3. The summed E-state index contributed by atoms with van der Waals surface area (Å²) in [5.74, 6) is -0.729. The number of carbonyl (C=O) groups is 2. The van der Waals surface area contributed by atoms with Gasteiger partial charge in [-0.2, -0.15) is 0 Å². The molecule has 1 atom stereocenters. The van der Waals surface area contributed by atoms with E-state index in [1.54, 1.807) is 12.0 Å². The molecule has 2 aromatic rings. The molecule has 0 saturated carbocycles. The topological polar surface area (TPSA) is 49.9 Å². The van der Waals surface area contributed by atoms with Crippen molar-refractivity contribution in [3.05, 3.63) is 71.5 Å². The summed E-state index contributed by atoms with van der Waals surface area (Å²) in [6.45, 7) is 2.48. The molecule has 0 aromatic heterocycles. The minimum absolute atomic E-state index is 0.0440. The zero-order valence-corrected chi connectivity index (χ0v) is 16.7. The van der Waals surface area contributed by atoms with Crippen LogP contribution in [0.15, 0.2) is 54.6 Å². The summed E-state index contributed by atoms with van der Waals surface area (Å²) in [7, 11) is 1.62. The van der Waals surface area contributed by atoms with Crippen molar-refractivity contribution in [2.24, 2.45) is 5.92 Å². The molecule has 0 N–H and O–H groups in total. The second-order valence-corrected chi connectivity index (χ2v) is 7.34. The van der Waals surface area contributed by atoms with Gasteiger partial charge in [-0.15, -0.1) is 0 Å². The second-order valence-electron chi connectivity index (χ2n) is 7.34. The number of piperidine rings is 1. The number of carbonyl (C=O) groups excluding carboxylic acids is 2. The van der Waals surface area contributed by atoms with Crippen LogP contribution in [0.3, 0.4) is 0 Å². The van der Waals surface area contributed by atoms with Gasteiger partial charge in [-0.25, -0.2) is 4.39 Å². The molecule has 29 heavy (non-hydrogen) atoms. The van der Waals surface area contributed by atoms with Crippen molar-refractivity contribution in [3.8, 4) is 0 Å². The Hall–Kier alpha value is -2.73. The predicted molar refractivity (Wildman–Crippen MR) is 109 cm³/mol. The van der Waals surface area contributed by atoms with Gasteiger partial charge in [-0.1, -0.05) is 30.3 Å². The normalized spacial score (nSPS) is 16.5. The fourth-order valence-electron chi connectivity index (χ4n) is 3.67. The number of benzene rings is 2. The van der Waals surface area contributed by atoms with E-state index in [9.17, 15) is 14.0 Å². The van der Waals surface area contributed by atoms with Gasteiger partial charge in [0.25, 0.3) is 5.91 Å². The Morgan fingerprint density at radius 3 is 2.55 bits per heavy atom. The monoisotopic (exact) mass is 398 g/mol. The minimum Gasteiger partial charge on any atom is -0.383 e. The first-order valence-corrected chi connectivity index (χ1v) is 9.95. The summed E-state index contributed by atoms with van der Waals surface area (Å²) in [6, 6.07) is 15.4. The molecular weight excluding hydrogens is 371 g/mol. The third-order valence-corrected chi connectivity index (χ3v) is 5.24. The molecule has 2 amide bonds. The van der Waals surface area contributed by atoms with Gasteiger partial charge in [0.05, 0.1) is 12.5 Å². The van der Waals surface area contributed by atoms with Crippen LogP contribution < -0.4 is 0 Å². The van der Waals surface area contributed by atoms with Crippen molar-refractivity contribution in [3.63, 3.8) is 0 Å². The van der Waals surface area contributed by atoms with E-state index in [1.165, 1.54) is 24.3 Å². The molecular formula is C23H27FN2O3. The van der Waals surface area contributed by atoms with Crippen LogP contribution in [0.4, 0.5) is 4.39 Å². The van der Waals surface area contributed by atoms with Crippen LogP contribution in [-0.2, 0) is 16.1 Å². The molecule has 1 saturated heterocycles. The maximum absolute atomic E-state index is 13.2. The number of halogens is 1. The molecule has 154 valence electrons. The highest BCUT2D eigenvalue weighted by Gasteiger charge is 2.31. The van der Waals surface area contributed by atoms with Crippen LogP contribution in [0.25, 0.3) is 0 Å². The van der Waals surface area contributed by atoms with Gasteiger partial charge in [-0.05, 0) is 42.7 Å². The Bertz CT molecular complexity index is 811. The van der Waals surface area contributed by atoms with Gasteiger partial charge < -0.3 is 14.5 Å². The largest absolute Gasteiger partial charge is 0.383 e. The summed E-state index contributed by atoms with van der Waals surface area (Å²) >= 11 is 0. The van der Waals surface area contributed by atoms with Crippen molar-refractivity contribution in [1.82, 2.24) is 9.80 Å². The van der Waals surface area contributed by atoms with Crippen LogP contribution in [0.5, 0.6) is 0 Å². The number of amides is 2. The van der Waals surface area contributed by atoms with Crippen molar-refractivity contribution < 1.29 is 18.7 Å². The molecule has 0 aliphatic carbocycles. The molecule has 1 aliphatic rings. The minimum atomic E-state index is -0.372. The second kappa shape index (κ2) is 10.2. The van der Waals surface area contributed by atoms with Crippen molar-refractivity contribution in [2.45, 2.75) is 19.4 Å². The lowest BCUT2D eigenvalue weighted by atomic mass is 9.95. The SMILES string of the molecule is COCCN(Cc1ccccc1)C(=O)C1CCCN(C(=O)c2ccc(F)cc2)C1. The molecule has 1 unspecified atom stereocenters. The maximum Gasteiger partial charge on any atom is 0.253 e. The lowest BCUT2D eigenvalue weighted by Crippen LogP contribution is -2.47. The van der Waals surface area contributed by atoms with Gasteiger partial charge in [0.15, 0.2) is 0 Å². The van der Waals surface area contributed by atoms with Crippen LogP contribution in [0.2, 0.25) is 0 Å². The van der Waals surface area contributed by atoms with E-state index in [-0.39, 0.29) is 23.5 Å². The van der Waals surface area contributed by atoms with Crippen molar-refractivity contribution in [2.75, 3.05) is 33.4 Å². The average Bonchev–Trinajstić information content (AvgIpc) is 2.77. The summed E-state index contributed by atoms with van der Waals surface area (Å²) in [5, 5.41) is 0. The highest BCUT2D eigenvalue weighted by atomic mass is 19.1. The van der Waals surface area contributed by atoms with Crippen LogP contribution >= 0.6 is 0 Å². The number of rotatable bonds is 7. The molecule has 6 heteroatoms. The fourth-order valence-corrected chi connectivity index (χ4v) is 3.67. The van der Waals surface area contributed by atoms with Gasteiger partial charge >= 0.3 is 0 Å². The predicted octanol–water partition coefficient (Wildman–Crippen LogP) is 3.35. The first-order chi connectivity index (χ1) is 14.1. The Balaban J connectivity index is 1.68.